The molecule has 26 heavy (non-hydrogen) atoms. The van der Waals surface area contributed by atoms with Crippen molar-refractivity contribution in [1.29, 1.82) is 5.26 Å². The van der Waals surface area contributed by atoms with Crippen molar-refractivity contribution in [2.75, 3.05) is 11.1 Å². The zero-order valence-electron chi connectivity index (χ0n) is 14.3. The van der Waals surface area contributed by atoms with Crippen LogP contribution in [0.4, 0.5) is 5.00 Å². The number of hydrogen-bond donors (Lipinski definition) is 1. The van der Waals surface area contributed by atoms with Gasteiger partial charge in [0.15, 0.2) is 0 Å². The van der Waals surface area contributed by atoms with Gasteiger partial charge in [0.2, 0.25) is 5.91 Å². The highest BCUT2D eigenvalue weighted by Crippen LogP contribution is 2.38. The molecule has 0 unspecified atom stereocenters. The number of pyridine rings is 1. The molecule has 0 fully saturated rings. The van der Waals surface area contributed by atoms with Crippen molar-refractivity contribution >= 4 is 44.9 Å². The van der Waals surface area contributed by atoms with E-state index in [0.717, 1.165) is 46.3 Å². The minimum Gasteiger partial charge on any atom is -0.316 e. The number of carbonyl (C=O) groups is 1. The summed E-state index contributed by atoms with van der Waals surface area (Å²) in [6.07, 6.45) is 3.06. The Morgan fingerprint density at radius 1 is 1.38 bits per heavy atom. The van der Waals surface area contributed by atoms with Crippen LogP contribution in [0.5, 0.6) is 0 Å². The topological polar surface area (TPSA) is 65.8 Å². The van der Waals surface area contributed by atoms with Crippen molar-refractivity contribution < 1.29 is 4.79 Å². The van der Waals surface area contributed by atoms with E-state index in [1.165, 1.54) is 16.6 Å². The maximum Gasteiger partial charge on any atom is 0.235 e. The molecule has 1 N–H and O–H groups in total. The smallest absolute Gasteiger partial charge is 0.235 e. The standard InChI is InChI=1S/C20H17N3OS2/c1-12-9-19(22-16-7-3-2-5-13(12)16)25-11-18(24)23-20-15(10-21)14-6-4-8-17(14)26-20/h2-3,5,7,9H,4,6,8,11H2,1H3,(H,23,24). The number of aromatic nitrogens is 1. The van der Waals surface area contributed by atoms with Crippen LogP contribution >= 0.6 is 23.1 Å². The fourth-order valence-corrected chi connectivity index (χ4v) is 5.34. The van der Waals surface area contributed by atoms with Crippen LogP contribution in [0, 0.1) is 18.3 Å². The van der Waals surface area contributed by atoms with Crippen molar-refractivity contribution in [1.82, 2.24) is 4.98 Å². The molecule has 3 aromatic rings. The fourth-order valence-electron chi connectivity index (χ4n) is 3.31. The lowest BCUT2D eigenvalue weighted by atomic mass is 10.1. The summed E-state index contributed by atoms with van der Waals surface area (Å²) in [6.45, 7) is 2.06. The first-order valence-corrected chi connectivity index (χ1v) is 10.3. The number of aryl methyl sites for hydroxylation is 2. The van der Waals surface area contributed by atoms with E-state index in [2.05, 4.69) is 29.4 Å². The highest BCUT2D eigenvalue weighted by molar-refractivity contribution is 7.99. The van der Waals surface area contributed by atoms with Gasteiger partial charge in [0, 0.05) is 10.3 Å². The molecule has 1 aromatic carbocycles. The van der Waals surface area contributed by atoms with Crippen LogP contribution in [-0.2, 0) is 17.6 Å². The van der Waals surface area contributed by atoms with Crippen LogP contribution in [0.2, 0.25) is 0 Å². The lowest BCUT2D eigenvalue weighted by molar-refractivity contribution is -0.113. The molecule has 0 spiro atoms. The monoisotopic (exact) mass is 379 g/mol. The number of fused-ring (bicyclic) bond motifs is 2. The number of carbonyl (C=O) groups excluding carboxylic acids is 1. The number of hydrogen-bond acceptors (Lipinski definition) is 5. The molecule has 0 saturated carbocycles. The molecule has 2 aromatic heterocycles. The van der Waals surface area contributed by atoms with Gasteiger partial charge < -0.3 is 5.32 Å². The zero-order valence-corrected chi connectivity index (χ0v) is 16.0. The fraction of sp³-hybridized carbons (Fsp3) is 0.250. The lowest BCUT2D eigenvalue weighted by Gasteiger charge is -2.07. The summed E-state index contributed by atoms with van der Waals surface area (Å²) >= 11 is 2.97. The van der Waals surface area contributed by atoms with E-state index < -0.39 is 0 Å². The summed E-state index contributed by atoms with van der Waals surface area (Å²) in [6, 6.07) is 12.3. The highest BCUT2D eigenvalue weighted by Gasteiger charge is 2.23. The van der Waals surface area contributed by atoms with Gasteiger partial charge in [-0.3, -0.25) is 4.79 Å². The third-order valence-corrected chi connectivity index (χ3v) is 6.66. The summed E-state index contributed by atoms with van der Waals surface area (Å²) in [7, 11) is 0. The Morgan fingerprint density at radius 2 is 2.23 bits per heavy atom. The third kappa shape index (κ3) is 3.20. The van der Waals surface area contributed by atoms with Crippen LogP contribution in [0.25, 0.3) is 10.9 Å². The van der Waals surface area contributed by atoms with Crippen molar-refractivity contribution in [3.8, 4) is 6.07 Å². The second kappa shape index (κ2) is 7.10. The molecule has 4 nitrogen and oxygen atoms in total. The van der Waals surface area contributed by atoms with Gasteiger partial charge in [-0.1, -0.05) is 30.0 Å². The van der Waals surface area contributed by atoms with Crippen LogP contribution in [0.1, 0.15) is 28.0 Å². The SMILES string of the molecule is Cc1cc(SCC(=O)Nc2sc3c(c2C#N)CCC3)nc2ccccc12. The van der Waals surface area contributed by atoms with Gasteiger partial charge >= 0.3 is 0 Å². The highest BCUT2D eigenvalue weighted by atomic mass is 32.2. The van der Waals surface area contributed by atoms with Gasteiger partial charge in [0.1, 0.15) is 11.1 Å². The number of rotatable bonds is 4. The molecule has 0 saturated heterocycles. The normalized spacial score (nSPS) is 12.8. The van der Waals surface area contributed by atoms with E-state index in [4.69, 9.17) is 0 Å². The third-order valence-electron chi connectivity index (χ3n) is 4.54. The van der Waals surface area contributed by atoms with Crippen LogP contribution < -0.4 is 5.32 Å². The van der Waals surface area contributed by atoms with E-state index in [9.17, 15) is 10.1 Å². The van der Waals surface area contributed by atoms with Crippen molar-refractivity contribution in [2.45, 2.75) is 31.2 Å². The zero-order chi connectivity index (χ0) is 18.1. The largest absolute Gasteiger partial charge is 0.316 e. The molecule has 130 valence electrons. The van der Waals surface area contributed by atoms with Crippen LogP contribution in [0.15, 0.2) is 35.4 Å². The first-order valence-electron chi connectivity index (χ1n) is 8.49. The molecular formula is C20H17N3OS2. The summed E-state index contributed by atoms with van der Waals surface area (Å²) in [4.78, 5) is 18.2. The van der Waals surface area contributed by atoms with Gasteiger partial charge in [-0.2, -0.15) is 5.26 Å². The Morgan fingerprint density at radius 3 is 3.08 bits per heavy atom. The van der Waals surface area contributed by atoms with Gasteiger partial charge in [-0.25, -0.2) is 4.98 Å². The number of benzene rings is 1. The maximum absolute atomic E-state index is 12.4. The molecule has 0 aliphatic heterocycles. The Kier molecular flexibility index (Phi) is 4.66. The number of para-hydroxylation sites is 1. The Hall–Kier alpha value is -2.36. The second-order valence-corrected chi connectivity index (χ2v) is 8.41. The predicted molar refractivity (Wildman–Crippen MR) is 107 cm³/mol. The van der Waals surface area contributed by atoms with Gasteiger partial charge in [-0.05, 0) is 49.4 Å². The summed E-state index contributed by atoms with van der Waals surface area (Å²) in [5.74, 6) is 0.178. The quantitative estimate of drug-likeness (QED) is 0.668. The van der Waals surface area contributed by atoms with E-state index in [-0.39, 0.29) is 11.7 Å². The number of thioether (sulfide) groups is 1. The number of anilines is 1. The maximum atomic E-state index is 12.4. The van der Waals surface area contributed by atoms with E-state index >= 15 is 0 Å². The minimum absolute atomic E-state index is 0.0981. The molecular weight excluding hydrogens is 362 g/mol. The molecule has 1 aliphatic carbocycles. The minimum atomic E-state index is -0.0981. The Labute approximate surface area is 160 Å². The van der Waals surface area contributed by atoms with Crippen LogP contribution in [0.3, 0.4) is 0 Å². The number of thiophene rings is 1. The molecule has 0 atom stereocenters. The summed E-state index contributed by atoms with van der Waals surface area (Å²) < 4.78 is 0. The first-order chi connectivity index (χ1) is 12.7. The van der Waals surface area contributed by atoms with Crippen molar-refractivity contribution in [3.05, 3.63) is 51.9 Å². The Bertz CT molecular complexity index is 1050. The average molecular weight is 380 g/mol. The predicted octanol–water partition coefficient (Wildman–Crippen LogP) is 4.70. The molecule has 2 heterocycles. The summed E-state index contributed by atoms with van der Waals surface area (Å²) in [5.41, 5.74) is 3.88. The van der Waals surface area contributed by atoms with E-state index in [1.54, 1.807) is 11.3 Å². The molecule has 6 heteroatoms. The number of nitrogens with zero attached hydrogens (tertiary/aromatic N) is 2. The lowest BCUT2D eigenvalue weighted by Crippen LogP contribution is -2.14. The molecule has 1 aliphatic rings. The summed E-state index contributed by atoms with van der Waals surface area (Å²) in [5, 5.41) is 15.0. The first kappa shape index (κ1) is 17.1. The number of nitriles is 1. The van der Waals surface area contributed by atoms with Gasteiger partial charge in [-0.15, -0.1) is 11.3 Å². The average Bonchev–Trinajstić information content (AvgIpc) is 3.20. The van der Waals surface area contributed by atoms with Crippen LogP contribution in [-0.4, -0.2) is 16.6 Å². The second-order valence-electron chi connectivity index (χ2n) is 6.30. The molecule has 0 radical (unpaired) electrons. The molecule has 4 rings (SSSR count). The van der Waals surface area contributed by atoms with Crippen molar-refractivity contribution in [2.24, 2.45) is 0 Å². The number of nitrogens with one attached hydrogen (secondary N) is 1. The van der Waals surface area contributed by atoms with Crippen molar-refractivity contribution in [3.63, 3.8) is 0 Å². The van der Waals surface area contributed by atoms with Gasteiger partial charge in [0.05, 0.1) is 21.9 Å². The van der Waals surface area contributed by atoms with Gasteiger partial charge in [0.25, 0.3) is 0 Å². The van der Waals surface area contributed by atoms with E-state index in [0.29, 0.717) is 10.6 Å². The van der Waals surface area contributed by atoms with E-state index in [1.807, 2.05) is 24.3 Å². The Balaban J connectivity index is 1.46. The number of amides is 1. The molecule has 1 amide bonds. The molecule has 0 bridgehead atoms.